The highest BCUT2D eigenvalue weighted by Crippen LogP contribution is 2.18. The number of methoxy groups -OCH3 is 1. The lowest BCUT2D eigenvalue weighted by atomic mass is 10.1. The van der Waals surface area contributed by atoms with Gasteiger partial charge in [0.2, 0.25) is 5.91 Å². The number of esters is 1. The minimum absolute atomic E-state index is 0.00665. The van der Waals surface area contributed by atoms with Crippen molar-refractivity contribution in [3.63, 3.8) is 0 Å². The summed E-state index contributed by atoms with van der Waals surface area (Å²) in [5.74, 6) is 0.447. The molecule has 0 saturated heterocycles. The smallest absolute Gasteiger partial charge is 0.305 e. The summed E-state index contributed by atoms with van der Waals surface area (Å²) in [6.45, 7) is 2.98. The molecule has 26 heavy (non-hydrogen) atoms. The van der Waals surface area contributed by atoms with E-state index in [1.807, 2.05) is 35.8 Å². The molecule has 2 aromatic rings. The topological polar surface area (TPSA) is 80.2 Å². The zero-order chi connectivity index (χ0) is 19.1. The molecule has 1 N–H and O–H groups in total. The lowest BCUT2D eigenvalue weighted by molar-refractivity contribution is -0.141. The Morgan fingerprint density at radius 1 is 1.27 bits per heavy atom. The van der Waals surface area contributed by atoms with Gasteiger partial charge >= 0.3 is 5.97 Å². The van der Waals surface area contributed by atoms with Gasteiger partial charge in [-0.3, -0.25) is 19.3 Å². The van der Waals surface area contributed by atoms with Gasteiger partial charge in [0.05, 0.1) is 7.11 Å². The van der Waals surface area contributed by atoms with Gasteiger partial charge in [0, 0.05) is 38.5 Å². The number of H-pyrrole nitrogens is 1. The molecule has 0 aliphatic heterocycles. The zero-order valence-corrected chi connectivity index (χ0v) is 16.1. The lowest BCUT2D eigenvalue weighted by Gasteiger charge is -2.17. The predicted octanol–water partition coefficient (Wildman–Crippen LogP) is 2.72. The van der Waals surface area contributed by atoms with Crippen LogP contribution in [0.1, 0.15) is 24.8 Å². The van der Waals surface area contributed by atoms with E-state index in [0.29, 0.717) is 37.1 Å². The molecule has 0 unspecified atom stereocenters. The summed E-state index contributed by atoms with van der Waals surface area (Å²) in [6, 6.07) is 7.99. The number of benzene rings is 1. The molecule has 0 aliphatic carbocycles. The van der Waals surface area contributed by atoms with Crippen molar-refractivity contribution < 1.29 is 14.3 Å². The zero-order valence-electron chi connectivity index (χ0n) is 15.3. The third-order valence-electron chi connectivity index (χ3n) is 4.15. The number of nitrogens with one attached hydrogen (secondary N) is 1. The van der Waals surface area contributed by atoms with Crippen LogP contribution in [0, 0.1) is 11.7 Å². The number of ether oxygens (including phenoxy) is 1. The fourth-order valence-corrected chi connectivity index (χ4v) is 2.76. The highest BCUT2D eigenvalue weighted by atomic mass is 32.1. The standard InChI is InChI=1S/C18H24N4O3S/c1-13-6-8-14(9-7-13)17-19-20-18(26)22(17)12-10-15(23)21(2)11-4-5-16(24)25-3/h6-9H,4-5,10-12H2,1-3H3,(H,20,26). The number of hydrogen-bond donors (Lipinski definition) is 1. The molecule has 0 spiro atoms. The third-order valence-corrected chi connectivity index (χ3v) is 4.46. The second-order valence-electron chi connectivity index (χ2n) is 6.12. The molecule has 1 heterocycles. The van der Waals surface area contributed by atoms with Gasteiger partial charge in [0.15, 0.2) is 10.6 Å². The highest BCUT2D eigenvalue weighted by molar-refractivity contribution is 7.71. The second-order valence-corrected chi connectivity index (χ2v) is 6.50. The molecule has 0 atom stereocenters. The largest absolute Gasteiger partial charge is 0.469 e. The fraction of sp³-hybridized carbons (Fsp3) is 0.444. The summed E-state index contributed by atoms with van der Waals surface area (Å²) in [7, 11) is 3.09. The van der Waals surface area contributed by atoms with Crippen LogP contribution in [0.25, 0.3) is 11.4 Å². The van der Waals surface area contributed by atoms with Crippen LogP contribution in [0.2, 0.25) is 0 Å². The van der Waals surface area contributed by atoms with E-state index in [4.69, 9.17) is 12.2 Å². The number of aromatic nitrogens is 3. The number of aryl methyl sites for hydroxylation is 1. The maximum absolute atomic E-state index is 12.3. The molecule has 1 aromatic heterocycles. The Morgan fingerprint density at radius 3 is 2.62 bits per heavy atom. The summed E-state index contributed by atoms with van der Waals surface area (Å²) < 4.78 is 6.92. The Kier molecular flexibility index (Phi) is 7.08. The SMILES string of the molecule is COC(=O)CCCN(C)C(=O)CCn1c(-c2ccc(C)cc2)n[nH]c1=S. The molecule has 0 saturated carbocycles. The molecule has 140 valence electrons. The average Bonchev–Trinajstić information content (AvgIpc) is 3.00. The molecular weight excluding hydrogens is 352 g/mol. The Hall–Kier alpha value is -2.48. The molecule has 1 aromatic carbocycles. The van der Waals surface area contributed by atoms with Gasteiger partial charge in [-0.25, -0.2) is 0 Å². The number of hydrogen-bond acceptors (Lipinski definition) is 5. The monoisotopic (exact) mass is 376 g/mol. The molecule has 1 amide bonds. The minimum Gasteiger partial charge on any atom is -0.469 e. The molecule has 0 aliphatic rings. The van der Waals surface area contributed by atoms with Crippen LogP contribution in [-0.2, 0) is 20.9 Å². The third kappa shape index (κ3) is 5.26. The molecule has 8 heteroatoms. The van der Waals surface area contributed by atoms with E-state index in [-0.39, 0.29) is 11.9 Å². The number of aromatic amines is 1. The summed E-state index contributed by atoms with van der Waals surface area (Å²) in [5.41, 5.74) is 2.11. The van der Waals surface area contributed by atoms with Crippen molar-refractivity contribution in [1.29, 1.82) is 0 Å². The lowest BCUT2D eigenvalue weighted by Crippen LogP contribution is -2.29. The first-order valence-electron chi connectivity index (χ1n) is 8.45. The minimum atomic E-state index is -0.265. The molecule has 0 bridgehead atoms. The van der Waals surface area contributed by atoms with E-state index in [1.165, 1.54) is 7.11 Å². The fourth-order valence-electron chi connectivity index (χ4n) is 2.53. The van der Waals surface area contributed by atoms with Crippen LogP contribution in [-0.4, -0.2) is 52.2 Å². The molecule has 0 fully saturated rings. The van der Waals surface area contributed by atoms with Crippen LogP contribution < -0.4 is 0 Å². The van der Waals surface area contributed by atoms with Gasteiger partial charge < -0.3 is 9.64 Å². The average molecular weight is 376 g/mol. The summed E-state index contributed by atoms with van der Waals surface area (Å²) in [5, 5.41) is 7.08. The van der Waals surface area contributed by atoms with Crippen molar-refractivity contribution in [3.05, 3.63) is 34.6 Å². The van der Waals surface area contributed by atoms with Crippen molar-refractivity contribution in [2.45, 2.75) is 32.7 Å². The highest BCUT2D eigenvalue weighted by Gasteiger charge is 2.13. The Labute approximate surface area is 158 Å². The Morgan fingerprint density at radius 2 is 1.96 bits per heavy atom. The maximum atomic E-state index is 12.3. The van der Waals surface area contributed by atoms with Gasteiger partial charge in [-0.05, 0) is 25.6 Å². The van der Waals surface area contributed by atoms with Gasteiger partial charge in [-0.1, -0.05) is 29.8 Å². The van der Waals surface area contributed by atoms with Crippen LogP contribution >= 0.6 is 12.2 Å². The van der Waals surface area contributed by atoms with Crippen LogP contribution in [0.4, 0.5) is 0 Å². The maximum Gasteiger partial charge on any atom is 0.305 e. The van der Waals surface area contributed by atoms with E-state index >= 15 is 0 Å². The molecular formula is C18H24N4O3S. The van der Waals surface area contributed by atoms with Crippen molar-refractivity contribution in [2.75, 3.05) is 20.7 Å². The number of amides is 1. The summed E-state index contributed by atoms with van der Waals surface area (Å²) in [4.78, 5) is 25.1. The number of carbonyl (C=O) groups excluding carboxylic acids is 2. The summed E-state index contributed by atoms with van der Waals surface area (Å²) >= 11 is 5.30. The normalized spacial score (nSPS) is 10.6. The van der Waals surface area contributed by atoms with Crippen LogP contribution in [0.3, 0.4) is 0 Å². The van der Waals surface area contributed by atoms with Gasteiger partial charge in [-0.2, -0.15) is 5.10 Å². The molecule has 0 radical (unpaired) electrons. The first kappa shape index (κ1) is 19.8. The van der Waals surface area contributed by atoms with Crippen molar-refractivity contribution >= 4 is 24.1 Å². The summed E-state index contributed by atoms with van der Waals surface area (Å²) in [6.07, 6.45) is 1.19. The first-order valence-corrected chi connectivity index (χ1v) is 8.86. The van der Waals surface area contributed by atoms with Crippen LogP contribution in [0.5, 0.6) is 0 Å². The van der Waals surface area contributed by atoms with Gasteiger partial charge in [-0.15, -0.1) is 0 Å². The quantitative estimate of drug-likeness (QED) is 0.566. The number of nitrogens with zero attached hydrogens (tertiary/aromatic N) is 3. The van der Waals surface area contributed by atoms with E-state index in [9.17, 15) is 9.59 Å². The van der Waals surface area contributed by atoms with Gasteiger partial charge in [0.25, 0.3) is 0 Å². The molecule has 2 rings (SSSR count). The number of rotatable bonds is 8. The van der Waals surface area contributed by atoms with Crippen molar-refractivity contribution in [3.8, 4) is 11.4 Å². The Bertz CT molecular complexity index is 811. The van der Waals surface area contributed by atoms with E-state index in [1.54, 1.807) is 11.9 Å². The number of carbonyl (C=O) groups is 2. The molecule has 7 nitrogen and oxygen atoms in total. The Balaban J connectivity index is 1.96. The van der Waals surface area contributed by atoms with E-state index < -0.39 is 0 Å². The first-order chi connectivity index (χ1) is 12.4. The second kappa shape index (κ2) is 9.28. The predicted molar refractivity (Wildman–Crippen MR) is 101 cm³/mol. The van der Waals surface area contributed by atoms with E-state index in [0.717, 1.165) is 17.0 Å². The van der Waals surface area contributed by atoms with Crippen molar-refractivity contribution in [2.24, 2.45) is 0 Å². The van der Waals surface area contributed by atoms with Gasteiger partial charge in [0.1, 0.15) is 0 Å². The van der Waals surface area contributed by atoms with E-state index in [2.05, 4.69) is 14.9 Å². The van der Waals surface area contributed by atoms with Crippen molar-refractivity contribution in [1.82, 2.24) is 19.7 Å². The van der Waals surface area contributed by atoms with Crippen LogP contribution in [0.15, 0.2) is 24.3 Å².